The summed E-state index contributed by atoms with van der Waals surface area (Å²) in [6.45, 7) is 4.97. The Morgan fingerprint density at radius 3 is 2.65 bits per heavy atom. The Bertz CT molecular complexity index is 1070. The Kier molecular flexibility index (Phi) is 5.83. The van der Waals surface area contributed by atoms with E-state index < -0.39 is 5.97 Å². The zero-order chi connectivity index (χ0) is 22.0. The van der Waals surface area contributed by atoms with E-state index in [-0.39, 0.29) is 23.4 Å². The fourth-order valence-electron chi connectivity index (χ4n) is 3.86. The Morgan fingerprint density at radius 1 is 1.19 bits per heavy atom. The smallest absolute Gasteiger partial charge is 0.360 e. The highest BCUT2D eigenvalue weighted by Crippen LogP contribution is 2.31. The van der Waals surface area contributed by atoms with Gasteiger partial charge in [-0.3, -0.25) is 4.79 Å². The van der Waals surface area contributed by atoms with E-state index in [9.17, 15) is 9.59 Å². The fraction of sp³-hybridized carbons (Fsp3) is 0.409. The van der Waals surface area contributed by atoms with Gasteiger partial charge in [-0.1, -0.05) is 26.0 Å². The number of carbonyl (C=O) groups is 2. The molecule has 1 amide bonds. The van der Waals surface area contributed by atoms with Gasteiger partial charge in [-0.05, 0) is 25.0 Å². The van der Waals surface area contributed by atoms with Gasteiger partial charge in [0.1, 0.15) is 5.76 Å². The molecule has 2 aromatic heterocycles. The number of amides is 1. The number of carbonyl (C=O) groups excluding carboxylic acids is 2. The number of ether oxygens (including phenoxy) is 1. The zero-order valence-corrected chi connectivity index (χ0v) is 17.8. The Balaban J connectivity index is 1.59. The highest BCUT2D eigenvalue weighted by atomic mass is 16.5. The molecule has 0 radical (unpaired) electrons. The molecule has 1 saturated heterocycles. The molecule has 31 heavy (non-hydrogen) atoms. The van der Waals surface area contributed by atoms with Gasteiger partial charge < -0.3 is 14.1 Å². The minimum Gasteiger partial charge on any atom is -0.464 e. The Morgan fingerprint density at radius 2 is 1.94 bits per heavy atom. The van der Waals surface area contributed by atoms with Crippen LogP contribution in [0.4, 0.5) is 0 Å². The van der Waals surface area contributed by atoms with E-state index in [4.69, 9.17) is 9.15 Å². The van der Waals surface area contributed by atoms with E-state index in [1.54, 1.807) is 23.4 Å². The van der Waals surface area contributed by atoms with Crippen LogP contribution in [0.25, 0.3) is 5.69 Å². The number of esters is 1. The summed E-state index contributed by atoms with van der Waals surface area (Å²) in [6.07, 6.45) is 4.79. The van der Waals surface area contributed by atoms with Crippen molar-refractivity contribution in [1.82, 2.24) is 24.9 Å². The van der Waals surface area contributed by atoms with Crippen molar-refractivity contribution in [2.24, 2.45) is 0 Å². The maximum absolute atomic E-state index is 13.4. The third-order valence-electron chi connectivity index (χ3n) is 5.40. The summed E-state index contributed by atoms with van der Waals surface area (Å²) in [5.41, 5.74) is 1.38. The van der Waals surface area contributed by atoms with E-state index in [1.807, 2.05) is 32.0 Å². The van der Waals surface area contributed by atoms with Crippen molar-refractivity contribution in [2.75, 3.05) is 20.2 Å². The maximum Gasteiger partial charge on any atom is 0.360 e. The highest BCUT2D eigenvalue weighted by Gasteiger charge is 2.32. The first kappa shape index (κ1) is 20.8. The predicted octanol–water partition coefficient (Wildman–Crippen LogP) is 3.19. The number of aromatic nitrogens is 4. The molecule has 3 aromatic rings. The topological polar surface area (TPSA) is 103 Å². The van der Waals surface area contributed by atoms with Crippen molar-refractivity contribution >= 4 is 11.9 Å². The molecule has 1 aromatic carbocycles. The second-order valence-corrected chi connectivity index (χ2v) is 7.84. The largest absolute Gasteiger partial charge is 0.464 e. The average Bonchev–Trinajstić information content (AvgIpc) is 3.48. The molecular weight excluding hydrogens is 398 g/mol. The van der Waals surface area contributed by atoms with Gasteiger partial charge >= 0.3 is 5.97 Å². The lowest BCUT2D eigenvalue weighted by Crippen LogP contribution is -2.39. The lowest BCUT2D eigenvalue weighted by Gasteiger charge is -2.31. The molecule has 162 valence electrons. The lowest BCUT2D eigenvalue weighted by molar-refractivity contribution is 0.0590. The molecule has 9 nitrogen and oxygen atoms in total. The van der Waals surface area contributed by atoms with Gasteiger partial charge in [0.05, 0.1) is 36.7 Å². The molecule has 1 aliphatic heterocycles. The number of benzene rings is 1. The van der Waals surface area contributed by atoms with Crippen molar-refractivity contribution < 1.29 is 18.7 Å². The summed E-state index contributed by atoms with van der Waals surface area (Å²) in [7, 11) is 1.33. The fourth-order valence-corrected chi connectivity index (χ4v) is 3.86. The summed E-state index contributed by atoms with van der Waals surface area (Å²) in [6, 6.07) is 7.28. The van der Waals surface area contributed by atoms with Gasteiger partial charge in [-0.2, -0.15) is 15.0 Å². The molecule has 0 spiro atoms. The molecule has 0 saturated carbocycles. The Hall–Kier alpha value is -3.49. The minimum absolute atomic E-state index is 0.00915. The summed E-state index contributed by atoms with van der Waals surface area (Å²) in [4.78, 5) is 33.2. The number of methoxy groups -OCH3 is 1. The van der Waals surface area contributed by atoms with Crippen LogP contribution >= 0.6 is 0 Å². The zero-order valence-electron chi connectivity index (χ0n) is 17.8. The van der Waals surface area contributed by atoms with Crippen molar-refractivity contribution in [2.45, 2.75) is 38.5 Å². The molecular formula is C22H25N5O4. The summed E-state index contributed by atoms with van der Waals surface area (Å²) >= 11 is 0. The SMILES string of the molecule is COC(=O)c1nc([C@@H]2CCCN(C(=O)c3ccccc3-n3nccn3)C2)oc1C(C)C. The molecule has 3 heterocycles. The van der Waals surface area contributed by atoms with Gasteiger partial charge in [0.25, 0.3) is 5.91 Å². The van der Waals surface area contributed by atoms with Gasteiger partial charge in [-0.25, -0.2) is 9.78 Å². The van der Waals surface area contributed by atoms with Crippen molar-refractivity contribution in [3.8, 4) is 5.69 Å². The molecule has 1 atom stereocenters. The summed E-state index contributed by atoms with van der Waals surface area (Å²) in [5, 5.41) is 8.31. The van der Waals surface area contributed by atoms with Crippen LogP contribution in [0.15, 0.2) is 41.1 Å². The van der Waals surface area contributed by atoms with Gasteiger partial charge in [-0.15, -0.1) is 0 Å². The van der Waals surface area contributed by atoms with Crippen molar-refractivity contribution in [3.05, 3.63) is 59.6 Å². The van der Waals surface area contributed by atoms with Crippen LogP contribution in [0.5, 0.6) is 0 Å². The predicted molar refractivity (Wildman–Crippen MR) is 111 cm³/mol. The second kappa shape index (κ2) is 8.71. The standard InChI is InChI=1S/C22H25N5O4/c1-14(2)19-18(22(29)30-3)25-20(31-19)15-7-6-12-26(13-15)21(28)16-8-4-5-9-17(16)27-23-10-11-24-27/h4-5,8-11,14-15H,6-7,12-13H2,1-3H3/t15-/m1/s1. The van der Waals surface area contributed by atoms with Crippen LogP contribution in [0.1, 0.15) is 71.0 Å². The molecule has 1 aliphatic rings. The quantitative estimate of drug-likeness (QED) is 0.581. The number of hydrogen-bond donors (Lipinski definition) is 0. The van der Waals surface area contributed by atoms with Crippen LogP contribution in [0, 0.1) is 0 Å². The number of rotatable bonds is 5. The summed E-state index contributed by atoms with van der Waals surface area (Å²) < 4.78 is 10.8. The number of oxazole rings is 1. The second-order valence-electron chi connectivity index (χ2n) is 7.84. The van der Waals surface area contributed by atoms with Crippen molar-refractivity contribution in [1.29, 1.82) is 0 Å². The third kappa shape index (κ3) is 4.08. The van der Waals surface area contributed by atoms with Crippen LogP contribution in [-0.4, -0.2) is 57.0 Å². The van der Waals surface area contributed by atoms with Crippen LogP contribution in [-0.2, 0) is 4.74 Å². The first-order valence-corrected chi connectivity index (χ1v) is 10.3. The number of nitrogens with zero attached hydrogens (tertiary/aromatic N) is 5. The van der Waals surface area contributed by atoms with E-state index in [0.717, 1.165) is 12.8 Å². The number of hydrogen-bond acceptors (Lipinski definition) is 7. The van der Waals surface area contributed by atoms with Gasteiger partial charge in [0.2, 0.25) is 0 Å². The molecule has 9 heteroatoms. The highest BCUT2D eigenvalue weighted by molar-refractivity contribution is 5.97. The molecule has 1 fully saturated rings. The normalized spacial score (nSPS) is 16.5. The van der Waals surface area contributed by atoms with Crippen LogP contribution in [0.3, 0.4) is 0 Å². The number of likely N-dealkylation sites (tertiary alicyclic amines) is 1. The lowest BCUT2D eigenvalue weighted by atomic mass is 9.97. The summed E-state index contributed by atoms with van der Waals surface area (Å²) in [5.74, 6) is 0.280. The van der Waals surface area contributed by atoms with Crippen molar-refractivity contribution in [3.63, 3.8) is 0 Å². The van der Waals surface area contributed by atoms with Crippen LogP contribution in [0.2, 0.25) is 0 Å². The minimum atomic E-state index is -0.511. The monoisotopic (exact) mass is 423 g/mol. The number of piperidine rings is 1. The van der Waals surface area contributed by atoms with E-state index in [2.05, 4.69) is 15.2 Å². The molecule has 4 rings (SSSR count). The molecule has 0 aliphatic carbocycles. The van der Waals surface area contributed by atoms with Gasteiger partial charge in [0, 0.05) is 19.0 Å². The van der Waals surface area contributed by atoms with E-state index in [1.165, 1.54) is 11.9 Å². The average molecular weight is 423 g/mol. The first-order valence-electron chi connectivity index (χ1n) is 10.3. The third-order valence-corrected chi connectivity index (χ3v) is 5.40. The first-order chi connectivity index (χ1) is 15.0. The number of para-hydroxylation sites is 1. The molecule has 0 bridgehead atoms. The Labute approximate surface area is 180 Å². The van der Waals surface area contributed by atoms with E-state index >= 15 is 0 Å². The van der Waals surface area contributed by atoms with E-state index in [0.29, 0.717) is 36.0 Å². The van der Waals surface area contributed by atoms with Crippen LogP contribution < -0.4 is 0 Å². The van der Waals surface area contributed by atoms with Gasteiger partial charge in [0.15, 0.2) is 11.6 Å². The molecule has 0 N–H and O–H groups in total. The molecule has 0 unspecified atom stereocenters. The maximum atomic E-state index is 13.4.